The van der Waals surface area contributed by atoms with E-state index in [9.17, 15) is 9.59 Å². The third-order valence-electron chi connectivity index (χ3n) is 5.87. The predicted molar refractivity (Wildman–Crippen MR) is 125 cm³/mol. The Morgan fingerprint density at radius 3 is 2.39 bits per heavy atom. The first-order chi connectivity index (χ1) is 14.8. The average molecular weight is 419 g/mol. The molecule has 6 heteroatoms. The van der Waals surface area contributed by atoms with Crippen molar-refractivity contribution in [1.82, 2.24) is 15.2 Å². The van der Waals surface area contributed by atoms with Gasteiger partial charge in [-0.2, -0.15) is 0 Å². The van der Waals surface area contributed by atoms with Gasteiger partial charge >= 0.3 is 6.03 Å². The molecule has 3 amide bonds. The molecule has 1 aliphatic rings. The summed E-state index contributed by atoms with van der Waals surface area (Å²) in [5.74, 6) is 0.0145. The van der Waals surface area contributed by atoms with Gasteiger partial charge in [0.1, 0.15) is 5.69 Å². The van der Waals surface area contributed by atoms with E-state index in [1.165, 1.54) is 5.56 Å². The van der Waals surface area contributed by atoms with Crippen LogP contribution in [0.3, 0.4) is 0 Å². The Bertz CT molecular complexity index is 1070. The van der Waals surface area contributed by atoms with Crippen molar-refractivity contribution in [2.75, 3.05) is 18.4 Å². The van der Waals surface area contributed by atoms with Gasteiger partial charge in [-0.25, -0.2) is 4.79 Å². The summed E-state index contributed by atoms with van der Waals surface area (Å²) in [7, 11) is 0. The van der Waals surface area contributed by atoms with Crippen molar-refractivity contribution in [1.29, 1.82) is 0 Å². The van der Waals surface area contributed by atoms with Gasteiger partial charge in [0, 0.05) is 35.7 Å². The van der Waals surface area contributed by atoms with E-state index < -0.39 is 0 Å². The van der Waals surface area contributed by atoms with E-state index in [1.54, 1.807) is 0 Å². The predicted octanol–water partition coefficient (Wildman–Crippen LogP) is 4.89. The molecule has 2 heterocycles. The molecule has 2 aromatic carbocycles. The molecular formula is C25H30N4O2. The minimum Gasteiger partial charge on any atom is -0.351 e. The number of urea groups is 1. The molecule has 0 atom stereocenters. The lowest BCUT2D eigenvalue weighted by atomic mass is 9.87. The first-order valence-corrected chi connectivity index (χ1v) is 10.8. The zero-order valence-corrected chi connectivity index (χ0v) is 18.4. The molecule has 0 saturated carbocycles. The van der Waals surface area contributed by atoms with Gasteiger partial charge in [0.2, 0.25) is 0 Å². The SMILES string of the molecule is CC(C)(C)c1ccc2cc(C(=O)N3CCC(NC(=O)Nc4ccccc4)CC3)[nH]c2c1. The molecule has 1 aromatic heterocycles. The molecule has 1 saturated heterocycles. The number of carbonyl (C=O) groups excluding carboxylic acids is 2. The van der Waals surface area contributed by atoms with Crippen LogP contribution < -0.4 is 10.6 Å². The van der Waals surface area contributed by atoms with Crippen molar-refractivity contribution in [2.24, 2.45) is 0 Å². The van der Waals surface area contributed by atoms with Crippen LogP contribution in [-0.2, 0) is 5.41 Å². The number of aromatic amines is 1. The van der Waals surface area contributed by atoms with E-state index in [1.807, 2.05) is 41.3 Å². The number of para-hydroxylation sites is 1. The van der Waals surface area contributed by atoms with Gasteiger partial charge in [-0.05, 0) is 48.1 Å². The Balaban J connectivity index is 1.34. The van der Waals surface area contributed by atoms with E-state index in [0.29, 0.717) is 18.8 Å². The van der Waals surface area contributed by atoms with Gasteiger partial charge in [-0.3, -0.25) is 4.79 Å². The van der Waals surface area contributed by atoms with Crippen LogP contribution in [0.25, 0.3) is 10.9 Å². The molecule has 0 aliphatic carbocycles. The van der Waals surface area contributed by atoms with E-state index in [0.717, 1.165) is 29.4 Å². The van der Waals surface area contributed by atoms with Gasteiger partial charge < -0.3 is 20.5 Å². The lowest BCUT2D eigenvalue weighted by Crippen LogP contribution is -2.47. The summed E-state index contributed by atoms with van der Waals surface area (Å²) in [6, 6.07) is 17.5. The summed E-state index contributed by atoms with van der Waals surface area (Å²) in [5.41, 5.74) is 3.67. The van der Waals surface area contributed by atoms with Gasteiger partial charge in [-0.1, -0.05) is 51.1 Å². The summed E-state index contributed by atoms with van der Waals surface area (Å²) in [6.45, 7) is 7.79. The molecule has 1 aliphatic heterocycles. The molecular weight excluding hydrogens is 388 g/mol. The lowest BCUT2D eigenvalue weighted by Gasteiger charge is -2.32. The number of rotatable bonds is 3. The number of anilines is 1. The van der Waals surface area contributed by atoms with E-state index in [-0.39, 0.29) is 23.4 Å². The highest BCUT2D eigenvalue weighted by molar-refractivity contribution is 5.98. The van der Waals surface area contributed by atoms with Crippen LogP contribution in [0.15, 0.2) is 54.6 Å². The van der Waals surface area contributed by atoms with Crippen LogP contribution in [-0.4, -0.2) is 41.0 Å². The fraction of sp³-hybridized carbons (Fsp3) is 0.360. The molecule has 31 heavy (non-hydrogen) atoms. The lowest BCUT2D eigenvalue weighted by molar-refractivity contribution is 0.0704. The van der Waals surface area contributed by atoms with Crippen LogP contribution in [0.2, 0.25) is 0 Å². The number of nitrogens with one attached hydrogen (secondary N) is 3. The summed E-state index contributed by atoms with van der Waals surface area (Å²) in [4.78, 5) is 30.4. The molecule has 6 nitrogen and oxygen atoms in total. The Kier molecular flexibility index (Phi) is 5.72. The molecule has 0 unspecified atom stereocenters. The third kappa shape index (κ3) is 4.90. The Morgan fingerprint density at radius 1 is 1.00 bits per heavy atom. The van der Waals surface area contributed by atoms with E-state index in [4.69, 9.17) is 0 Å². The second-order valence-electron chi connectivity index (χ2n) is 9.27. The van der Waals surface area contributed by atoms with Crippen molar-refractivity contribution in [3.8, 4) is 0 Å². The van der Waals surface area contributed by atoms with E-state index >= 15 is 0 Å². The maximum Gasteiger partial charge on any atom is 0.319 e. The number of H-pyrrole nitrogens is 1. The van der Waals surface area contributed by atoms with Crippen LogP contribution in [0, 0.1) is 0 Å². The van der Waals surface area contributed by atoms with Crippen LogP contribution in [0.4, 0.5) is 10.5 Å². The number of piperidine rings is 1. The number of likely N-dealkylation sites (tertiary alicyclic amines) is 1. The van der Waals surface area contributed by atoms with Crippen molar-refractivity contribution in [3.63, 3.8) is 0 Å². The van der Waals surface area contributed by atoms with Crippen LogP contribution >= 0.6 is 0 Å². The van der Waals surface area contributed by atoms with Crippen molar-refractivity contribution < 1.29 is 9.59 Å². The maximum absolute atomic E-state index is 13.0. The number of hydrogen-bond donors (Lipinski definition) is 3. The van der Waals surface area contributed by atoms with Gasteiger partial charge in [0.25, 0.3) is 5.91 Å². The number of hydrogen-bond acceptors (Lipinski definition) is 2. The Morgan fingerprint density at radius 2 is 1.71 bits per heavy atom. The fourth-order valence-corrected chi connectivity index (χ4v) is 3.98. The fourth-order valence-electron chi connectivity index (χ4n) is 3.98. The molecule has 4 rings (SSSR count). The highest BCUT2D eigenvalue weighted by Gasteiger charge is 2.26. The molecule has 162 valence electrons. The van der Waals surface area contributed by atoms with Gasteiger partial charge in [0.15, 0.2) is 0 Å². The molecule has 0 spiro atoms. The smallest absolute Gasteiger partial charge is 0.319 e. The number of amides is 3. The normalized spacial score (nSPS) is 15.1. The summed E-state index contributed by atoms with van der Waals surface area (Å²) < 4.78 is 0. The quantitative estimate of drug-likeness (QED) is 0.566. The van der Waals surface area contributed by atoms with E-state index in [2.05, 4.69) is 54.6 Å². The largest absolute Gasteiger partial charge is 0.351 e. The number of benzene rings is 2. The van der Waals surface area contributed by atoms with Crippen LogP contribution in [0.5, 0.6) is 0 Å². The molecule has 0 radical (unpaired) electrons. The highest BCUT2D eigenvalue weighted by atomic mass is 16.2. The van der Waals surface area contributed by atoms with Gasteiger partial charge in [0.05, 0.1) is 0 Å². The standard InChI is InChI=1S/C25H30N4O2/c1-25(2,3)18-10-9-17-15-22(28-21(17)16-18)23(30)29-13-11-20(12-14-29)27-24(31)26-19-7-5-4-6-8-19/h4-10,15-16,20,28H,11-14H2,1-3H3,(H2,26,27,31). The summed E-state index contributed by atoms with van der Waals surface area (Å²) >= 11 is 0. The zero-order chi connectivity index (χ0) is 22.0. The third-order valence-corrected chi connectivity index (χ3v) is 5.87. The van der Waals surface area contributed by atoms with Crippen molar-refractivity contribution in [2.45, 2.75) is 45.1 Å². The first kappa shape index (κ1) is 21.0. The number of fused-ring (bicyclic) bond motifs is 1. The summed E-state index contributed by atoms with van der Waals surface area (Å²) in [5, 5.41) is 6.90. The average Bonchev–Trinajstić information content (AvgIpc) is 3.17. The monoisotopic (exact) mass is 418 g/mol. The minimum absolute atomic E-state index is 0.0145. The maximum atomic E-state index is 13.0. The van der Waals surface area contributed by atoms with Gasteiger partial charge in [-0.15, -0.1) is 0 Å². The second-order valence-corrected chi connectivity index (χ2v) is 9.27. The first-order valence-electron chi connectivity index (χ1n) is 10.8. The Labute approximate surface area is 183 Å². The molecule has 3 aromatic rings. The van der Waals surface area contributed by atoms with Crippen molar-refractivity contribution >= 4 is 28.5 Å². The molecule has 3 N–H and O–H groups in total. The van der Waals surface area contributed by atoms with Crippen molar-refractivity contribution in [3.05, 3.63) is 65.9 Å². The Hall–Kier alpha value is -3.28. The van der Waals surface area contributed by atoms with Crippen LogP contribution in [0.1, 0.15) is 49.7 Å². The number of aromatic nitrogens is 1. The molecule has 1 fully saturated rings. The summed E-state index contributed by atoms with van der Waals surface area (Å²) in [6.07, 6.45) is 1.48. The second kappa shape index (κ2) is 8.46. The number of nitrogens with zero attached hydrogens (tertiary/aromatic N) is 1. The minimum atomic E-state index is -0.207. The zero-order valence-electron chi connectivity index (χ0n) is 18.4. The number of carbonyl (C=O) groups is 2. The highest BCUT2D eigenvalue weighted by Crippen LogP contribution is 2.27. The molecule has 0 bridgehead atoms. The topological polar surface area (TPSA) is 77.2 Å².